The van der Waals surface area contributed by atoms with Crippen LogP contribution in [0.4, 0.5) is 0 Å². The quantitative estimate of drug-likeness (QED) is 0.0425. The summed E-state index contributed by atoms with van der Waals surface area (Å²) < 4.78 is 38.0. The van der Waals surface area contributed by atoms with Crippen LogP contribution in [0, 0.1) is 0 Å². The van der Waals surface area contributed by atoms with Gasteiger partial charge in [-0.05, 0) is 13.3 Å². The predicted octanol–water partition coefficient (Wildman–Crippen LogP) is -9.17. The first-order valence-electron chi connectivity index (χ1n) is 15.9. The summed E-state index contributed by atoms with van der Waals surface area (Å²) in [6, 6.07) is -1.60. The molecule has 1 fully saturated rings. The van der Waals surface area contributed by atoms with Crippen LogP contribution in [0.5, 0.6) is 0 Å². The Bertz CT molecular complexity index is 924. The molecular formula is C29H51NNa3O14P. The van der Waals surface area contributed by atoms with E-state index in [-0.39, 0.29) is 95.3 Å². The molecule has 1 saturated heterocycles. The molecule has 1 aliphatic heterocycles. The summed E-state index contributed by atoms with van der Waals surface area (Å²) in [7, 11) is -5.39. The number of carboxylic acids is 2. The average Bonchev–Trinajstić information content (AvgIpc) is 2.97. The van der Waals surface area contributed by atoms with Gasteiger partial charge in [0.2, 0.25) is 5.91 Å². The smallest absolute Gasteiger partial charge is 0.756 e. The second-order valence-corrected chi connectivity index (χ2v) is 12.6. The number of unbranched alkanes of at least 4 members (excludes halogenated alkanes) is 12. The second kappa shape index (κ2) is 30.7. The minimum atomic E-state index is -5.39. The number of aliphatic carboxylic acids is 2. The van der Waals surface area contributed by atoms with Crippen LogP contribution in [0.1, 0.15) is 104 Å². The molecule has 0 aromatic heterocycles. The molecule has 1 rings (SSSR count). The summed E-state index contributed by atoms with van der Waals surface area (Å²) in [5.41, 5.74) is 0. The van der Waals surface area contributed by atoms with Gasteiger partial charge in [0, 0.05) is 13.5 Å². The molecule has 0 aromatic rings. The molecule has 3 N–H and O–H groups in total. The van der Waals surface area contributed by atoms with Crippen molar-refractivity contribution >= 4 is 25.7 Å². The third kappa shape index (κ3) is 23.1. The Kier molecular flexibility index (Phi) is 34.4. The molecule has 0 aromatic carbocycles. The van der Waals surface area contributed by atoms with Crippen molar-refractivity contribution in [1.82, 2.24) is 5.32 Å². The number of phosphoric acid groups is 1. The van der Waals surface area contributed by atoms with E-state index in [0.717, 1.165) is 39.5 Å². The van der Waals surface area contributed by atoms with E-state index in [1.165, 1.54) is 51.4 Å². The van der Waals surface area contributed by atoms with Crippen LogP contribution >= 0.6 is 7.82 Å². The number of aliphatic hydroxyl groups excluding tert-OH is 2. The van der Waals surface area contributed by atoms with Crippen molar-refractivity contribution in [2.24, 2.45) is 0 Å². The molecule has 1 aliphatic rings. The van der Waals surface area contributed by atoms with E-state index in [0.29, 0.717) is 6.42 Å². The summed E-state index contributed by atoms with van der Waals surface area (Å²) in [6.07, 6.45) is 4.48. The number of hydrogen-bond acceptors (Lipinski definition) is 14. The molecule has 0 saturated carbocycles. The summed E-state index contributed by atoms with van der Waals surface area (Å²) in [6.45, 7) is 2.51. The van der Waals surface area contributed by atoms with Crippen molar-refractivity contribution in [3.05, 3.63) is 0 Å². The number of aliphatic hydroxyl groups is 2. The molecule has 2 unspecified atom stereocenters. The van der Waals surface area contributed by atoms with Gasteiger partial charge in [-0.2, -0.15) is 0 Å². The SMILES string of the molecule is CCCCCCCCCCCCCCCO[C@H](COP(=O)([O-])O[C@H]1O[C@H](CO)[C@@H](O)[C@H](OC(C)C(=O)[O-])[C@H]1NC(C)=O)C(=O)[O-].[Na+].[Na+].[Na+]. The number of carboxylic acid groups (broad SMARTS) is 2. The fourth-order valence-electron chi connectivity index (χ4n) is 4.85. The van der Waals surface area contributed by atoms with Crippen LogP contribution in [0.15, 0.2) is 0 Å². The Morgan fingerprint density at radius 2 is 1.40 bits per heavy atom. The number of carbonyl (C=O) groups excluding carboxylic acids is 3. The molecule has 1 amide bonds. The Morgan fingerprint density at radius 1 is 0.896 bits per heavy atom. The maximum absolute atomic E-state index is 12.6. The van der Waals surface area contributed by atoms with Gasteiger partial charge in [-0.1, -0.05) is 84.0 Å². The van der Waals surface area contributed by atoms with Gasteiger partial charge in [0.25, 0.3) is 7.82 Å². The standard InChI is InChI=1S/C29H54NO14P.3Na/c1-4-5-6-7-8-9-10-11-12-13-14-15-16-17-40-23(28(36)37)19-41-45(38,39)44-29-24(30-21(3)32)26(42-20(2)27(34)35)25(33)22(18-31)43-29;;;/h20,22-26,29,31,33H,4-19H2,1-3H3,(H,30,32)(H,34,35)(H,36,37)(H,38,39);;;/q;3*+1/p-3/t20?,22-,23-,24-,25-,26-,29-;;;/m1.../s1. The van der Waals surface area contributed by atoms with Crippen molar-refractivity contribution in [1.29, 1.82) is 0 Å². The van der Waals surface area contributed by atoms with Crippen LogP contribution in [-0.4, -0.2) is 90.7 Å². The summed E-state index contributed by atoms with van der Waals surface area (Å²) in [5, 5.41) is 45.1. The Labute approximate surface area is 350 Å². The van der Waals surface area contributed by atoms with E-state index in [9.17, 15) is 44.3 Å². The fourth-order valence-corrected chi connectivity index (χ4v) is 5.66. The molecule has 0 radical (unpaired) electrons. The first-order valence-corrected chi connectivity index (χ1v) is 17.3. The van der Waals surface area contributed by atoms with E-state index in [1.54, 1.807) is 0 Å². The van der Waals surface area contributed by atoms with E-state index in [1.807, 2.05) is 0 Å². The number of hydrogen-bond donors (Lipinski definition) is 3. The molecule has 8 atom stereocenters. The maximum Gasteiger partial charge on any atom is 1.00 e. The van der Waals surface area contributed by atoms with E-state index < -0.39 is 81.7 Å². The second-order valence-electron chi connectivity index (χ2n) is 11.3. The zero-order valence-electron chi connectivity index (χ0n) is 29.6. The number of amides is 1. The number of nitrogens with one attached hydrogen (secondary N) is 1. The first kappa shape index (κ1) is 53.7. The van der Waals surface area contributed by atoms with Gasteiger partial charge in [0.05, 0.1) is 31.3 Å². The van der Waals surface area contributed by atoms with Gasteiger partial charge in [0.15, 0.2) is 6.29 Å². The van der Waals surface area contributed by atoms with Crippen LogP contribution in [0.3, 0.4) is 0 Å². The zero-order valence-corrected chi connectivity index (χ0v) is 36.5. The molecule has 19 heteroatoms. The number of rotatable bonds is 26. The van der Waals surface area contributed by atoms with Gasteiger partial charge in [-0.15, -0.1) is 0 Å². The van der Waals surface area contributed by atoms with E-state index in [4.69, 9.17) is 23.3 Å². The Balaban J connectivity index is -0.00000675. The molecule has 1 heterocycles. The maximum atomic E-state index is 12.6. The zero-order chi connectivity index (χ0) is 33.8. The fraction of sp³-hybridized carbons (Fsp3) is 0.897. The van der Waals surface area contributed by atoms with Gasteiger partial charge in [-0.25, -0.2) is 0 Å². The summed E-state index contributed by atoms with van der Waals surface area (Å²) in [5.74, 6) is -4.12. The van der Waals surface area contributed by atoms with E-state index in [2.05, 4.69) is 12.2 Å². The number of ether oxygens (including phenoxy) is 3. The van der Waals surface area contributed by atoms with Crippen molar-refractivity contribution in [3.8, 4) is 0 Å². The Morgan fingerprint density at radius 3 is 1.83 bits per heavy atom. The van der Waals surface area contributed by atoms with Crippen LogP contribution in [0.25, 0.3) is 0 Å². The molecule has 0 aliphatic carbocycles. The largest absolute Gasteiger partial charge is 1.00 e. The first-order chi connectivity index (χ1) is 21.3. The molecule has 264 valence electrons. The van der Waals surface area contributed by atoms with Gasteiger partial charge < -0.3 is 59.0 Å². The average molecular weight is 738 g/mol. The van der Waals surface area contributed by atoms with Crippen LogP contribution in [0.2, 0.25) is 0 Å². The normalized spacial score (nSPS) is 22.9. The number of phosphoric ester groups is 1. The minimum absolute atomic E-state index is 0. The minimum Gasteiger partial charge on any atom is -0.756 e. The van der Waals surface area contributed by atoms with Crippen molar-refractivity contribution in [3.63, 3.8) is 0 Å². The predicted molar refractivity (Wildman–Crippen MR) is 154 cm³/mol. The van der Waals surface area contributed by atoms with Gasteiger partial charge in [0.1, 0.15) is 30.5 Å². The van der Waals surface area contributed by atoms with Crippen LogP contribution < -0.4 is 109 Å². The summed E-state index contributed by atoms with van der Waals surface area (Å²) >= 11 is 0. The van der Waals surface area contributed by atoms with Gasteiger partial charge >= 0.3 is 88.7 Å². The third-order valence-electron chi connectivity index (χ3n) is 7.36. The topological polar surface area (TPSA) is 236 Å². The summed E-state index contributed by atoms with van der Waals surface area (Å²) in [4.78, 5) is 47.1. The van der Waals surface area contributed by atoms with Crippen molar-refractivity contribution in [2.75, 3.05) is 19.8 Å². The molecule has 15 nitrogen and oxygen atoms in total. The molecule has 48 heavy (non-hydrogen) atoms. The molecule has 0 spiro atoms. The molecule has 0 bridgehead atoms. The Hall–Kier alpha value is 1.32. The number of carbonyl (C=O) groups is 3. The third-order valence-corrected chi connectivity index (χ3v) is 8.29. The van der Waals surface area contributed by atoms with E-state index >= 15 is 0 Å². The van der Waals surface area contributed by atoms with Crippen molar-refractivity contribution in [2.45, 2.75) is 147 Å². The van der Waals surface area contributed by atoms with Crippen LogP contribution in [-0.2, 0) is 42.2 Å². The van der Waals surface area contributed by atoms with Gasteiger partial charge in [-0.3, -0.25) is 13.9 Å². The monoisotopic (exact) mass is 737 g/mol. The molecular weight excluding hydrogens is 686 g/mol. The van der Waals surface area contributed by atoms with Crippen molar-refractivity contribution < 1.29 is 156 Å².